The maximum Gasteiger partial charge on any atom is 0.389 e. The molecular formula is C19H20N4O3S. The Balaban J connectivity index is 1.75. The Morgan fingerprint density at radius 3 is 2.67 bits per heavy atom. The number of thiophene rings is 1. The number of aryl methyl sites for hydroxylation is 1. The van der Waals surface area contributed by atoms with Gasteiger partial charge in [-0.15, -0.1) is 11.3 Å². The van der Waals surface area contributed by atoms with Gasteiger partial charge in [0.25, 0.3) is 0 Å². The molecule has 1 N–H and O–H groups in total. The molecule has 3 rings (SSSR count). The largest absolute Gasteiger partial charge is 0.389 e. The third-order valence-corrected chi connectivity index (χ3v) is 5.04. The molecule has 0 aliphatic rings. The van der Waals surface area contributed by atoms with Crippen LogP contribution in [0.5, 0.6) is 0 Å². The summed E-state index contributed by atoms with van der Waals surface area (Å²) < 4.78 is 1.27. The summed E-state index contributed by atoms with van der Waals surface area (Å²) in [4.78, 5) is 23.7. The van der Waals surface area contributed by atoms with Gasteiger partial charge in [0.05, 0.1) is 23.4 Å². The van der Waals surface area contributed by atoms with Gasteiger partial charge in [0, 0.05) is 4.88 Å². The van der Waals surface area contributed by atoms with Crippen molar-refractivity contribution < 1.29 is 9.72 Å². The highest BCUT2D eigenvalue weighted by Crippen LogP contribution is 2.26. The van der Waals surface area contributed by atoms with E-state index in [-0.39, 0.29) is 24.3 Å². The smallest absolute Gasteiger partial charge is 0.358 e. The fraction of sp³-hybridized carbons (Fsp3) is 0.263. The first-order chi connectivity index (χ1) is 13.1. The number of nitrogens with zero attached hydrogens (tertiary/aromatic N) is 3. The Kier molecular flexibility index (Phi) is 5.97. The topological polar surface area (TPSA) is 90.1 Å². The minimum atomic E-state index is -0.583. The molecule has 2 aromatic heterocycles. The van der Waals surface area contributed by atoms with Crippen molar-refractivity contribution in [3.63, 3.8) is 0 Å². The van der Waals surface area contributed by atoms with E-state index in [2.05, 4.69) is 29.5 Å². The Labute approximate surface area is 160 Å². The van der Waals surface area contributed by atoms with Crippen LogP contribution in [0.15, 0.2) is 54.0 Å². The average molecular weight is 384 g/mol. The molecule has 0 aliphatic carbocycles. The lowest BCUT2D eigenvalue weighted by Gasteiger charge is -2.18. The van der Waals surface area contributed by atoms with E-state index in [0.717, 1.165) is 23.3 Å². The van der Waals surface area contributed by atoms with Crippen LogP contribution in [-0.4, -0.2) is 20.6 Å². The van der Waals surface area contributed by atoms with Crippen molar-refractivity contribution >= 4 is 23.1 Å². The number of nitrogens with one attached hydrogen (secondary N) is 1. The number of hydrogen-bond donors (Lipinski definition) is 1. The van der Waals surface area contributed by atoms with Crippen LogP contribution in [0.25, 0.3) is 0 Å². The molecule has 0 bridgehead atoms. The van der Waals surface area contributed by atoms with E-state index in [1.807, 2.05) is 29.6 Å². The second-order valence-electron chi connectivity index (χ2n) is 6.14. The molecule has 3 aromatic rings. The third-order valence-electron chi connectivity index (χ3n) is 4.10. The molecule has 0 spiro atoms. The van der Waals surface area contributed by atoms with Crippen molar-refractivity contribution in [3.05, 3.63) is 80.2 Å². The summed E-state index contributed by atoms with van der Waals surface area (Å²) in [5.74, 6) is -0.534. The number of carbonyl (C=O) groups excluding carboxylic acids is 1. The minimum Gasteiger partial charge on any atom is -0.358 e. The fourth-order valence-corrected chi connectivity index (χ4v) is 3.63. The zero-order chi connectivity index (χ0) is 19.2. The molecule has 0 radical (unpaired) electrons. The molecule has 1 amide bonds. The van der Waals surface area contributed by atoms with Crippen LogP contribution in [0, 0.1) is 10.1 Å². The highest BCUT2D eigenvalue weighted by Gasteiger charge is 2.20. The normalized spacial score (nSPS) is 11.9. The number of carbonyl (C=O) groups is 1. The molecular weight excluding hydrogens is 364 g/mol. The molecule has 1 unspecified atom stereocenters. The highest BCUT2D eigenvalue weighted by molar-refractivity contribution is 7.10. The second-order valence-corrected chi connectivity index (χ2v) is 7.12. The molecule has 0 aliphatic heterocycles. The van der Waals surface area contributed by atoms with E-state index < -0.39 is 4.92 Å². The lowest BCUT2D eigenvalue weighted by Crippen LogP contribution is -2.32. The zero-order valence-electron chi connectivity index (χ0n) is 14.9. The van der Waals surface area contributed by atoms with Crippen LogP contribution in [0.2, 0.25) is 0 Å². The first kappa shape index (κ1) is 18.8. The van der Waals surface area contributed by atoms with E-state index in [1.165, 1.54) is 22.5 Å². The van der Waals surface area contributed by atoms with Gasteiger partial charge in [-0.05, 0) is 33.9 Å². The van der Waals surface area contributed by atoms with Crippen LogP contribution in [0.4, 0.5) is 5.82 Å². The van der Waals surface area contributed by atoms with Gasteiger partial charge in [0.1, 0.15) is 6.54 Å². The summed E-state index contributed by atoms with van der Waals surface area (Å²) in [5.41, 5.74) is 2.26. The van der Waals surface area contributed by atoms with Crippen LogP contribution < -0.4 is 5.32 Å². The predicted octanol–water partition coefficient (Wildman–Crippen LogP) is 3.71. The molecule has 1 atom stereocenters. The van der Waals surface area contributed by atoms with Crippen LogP contribution in [0.1, 0.15) is 35.4 Å². The van der Waals surface area contributed by atoms with E-state index in [0.29, 0.717) is 0 Å². The monoisotopic (exact) mass is 384 g/mol. The van der Waals surface area contributed by atoms with Crippen molar-refractivity contribution in [3.8, 4) is 0 Å². The van der Waals surface area contributed by atoms with Crippen LogP contribution >= 0.6 is 11.3 Å². The number of aromatic nitrogens is 2. The molecule has 0 saturated heterocycles. The van der Waals surface area contributed by atoms with Gasteiger partial charge < -0.3 is 15.4 Å². The van der Waals surface area contributed by atoms with Gasteiger partial charge in [-0.2, -0.15) is 4.68 Å². The van der Waals surface area contributed by atoms with Gasteiger partial charge in [-0.1, -0.05) is 43.7 Å². The number of benzene rings is 1. The summed E-state index contributed by atoms with van der Waals surface area (Å²) in [5, 5.41) is 19.5. The summed E-state index contributed by atoms with van der Waals surface area (Å²) in [7, 11) is 0. The first-order valence-electron chi connectivity index (χ1n) is 8.66. The lowest BCUT2D eigenvalue weighted by molar-refractivity contribution is -0.389. The molecule has 0 fully saturated rings. The molecule has 8 heteroatoms. The van der Waals surface area contributed by atoms with Gasteiger partial charge >= 0.3 is 5.82 Å². The first-order valence-corrected chi connectivity index (χ1v) is 9.54. The molecule has 0 saturated carbocycles. The van der Waals surface area contributed by atoms with E-state index in [9.17, 15) is 14.9 Å². The molecule has 7 nitrogen and oxygen atoms in total. The van der Waals surface area contributed by atoms with Crippen molar-refractivity contribution in [2.45, 2.75) is 32.4 Å². The molecule has 27 heavy (non-hydrogen) atoms. The zero-order valence-corrected chi connectivity index (χ0v) is 15.7. The standard InChI is InChI=1S/C19H20N4O3S/c1-2-4-14-6-8-15(9-7-14)19(16-5-3-12-27-16)20-18(24)13-22-11-10-17(21-22)23(25)26/h3,5-12,19H,2,4,13H2,1H3,(H,20,24). The summed E-state index contributed by atoms with van der Waals surface area (Å²) in [6.45, 7) is 2.06. The van der Waals surface area contributed by atoms with Gasteiger partial charge in [-0.25, -0.2) is 0 Å². The SMILES string of the molecule is CCCc1ccc(C(NC(=O)Cn2ccc([N+](=O)[O-])n2)c2cccs2)cc1. The number of nitro groups is 1. The van der Waals surface area contributed by atoms with Crippen molar-refractivity contribution in [1.29, 1.82) is 0 Å². The molecule has 1 aromatic carbocycles. The predicted molar refractivity (Wildman–Crippen MR) is 104 cm³/mol. The maximum absolute atomic E-state index is 12.5. The Morgan fingerprint density at radius 2 is 2.07 bits per heavy atom. The Hall–Kier alpha value is -3.00. The third kappa shape index (κ3) is 4.79. The minimum absolute atomic E-state index is 0.0797. The maximum atomic E-state index is 12.5. The summed E-state index contributed by atoms with van der Waals surface area (Å²) >= 11 is 1.57. The van der Waals surface area contributed by atoms with Crippen molar-refractivity contribution in [2.24, 2.45) is 0 Å². The van der Waals surface area contributed by atoms with Crippen LogP contribution in [0.3, 0.4) is 0 Å². The second kappa shape index (κ2) is 8.59. The fourth-order valence-electron chi connectivity index (χ4n) is 2.83. The Bertz CT molecular complexity index is 903. The van der Waals surface area contributed by atoms with Crippen molar-refractivity contribution in [1.82, 2.24) is 15.1 Å². The number of hydrogen-bond acceptors (Lipinski definition) is 5. The van der Waals surface area contributed by atoms with Gasteiger partial charge in [0.15, 0.2) is 0 Å². The summed E-state index contributed by atoms with van der Waals surface area (Å²) in [6, 6.07) is 13.2. The quantitative estimate of drug-likeness (QED) is 0.473. The number of rotatable bonds is 8. The average Bonchev–Trinajstić information content (AvgIpc) is 3.33. The van der Waals surface area contributed by atoms with Crippen LogP contribution in [-0.2, 0) is 17.8 Å². The van der Waals surface area contributed by atoms with Crippen molar-refractivity contribution in [2.75, 3.05) is 0 Å². The number of amides is 1. The highest BCUT2D eigenvalue weighted by atomic mass is 32.1. The molecule has 2 heterocycles. The van der Waals surface area contributed by atoms with Gasteiger partial charge in [0.2, 0.25) is 5.91 Å². The molecule has 140 valence electrons. The van der Waals surface area contributed by atoms with E-state index >= 15 is 0 Å². The van der Waals surface area contributed by atoms with Gasteiger partial charge in [-0.3, -0.25) is 4.79 Å². The van der Waals surface area contributed by atoms with E-state index in [1.54, 1.807) is 11.3 Å². The lowest BCUT2D eigenvalue weighted by atomic mass is 10.0. The Morgan fingerprint density at radius 1 is 1.30 bits per heavy atom. The van der Waals surface area contributed by atoms with E-state index in [4.69, 9.17) is 0 Å². The summed E-state index contributed by atoms with van der Waals surface area (Å²) in [6.07, 6.45) is 3.53.